The normalized spacial score (nSPS) is 33.0. The maximum Gasteiger partial charge on any atom is 0.0766 e. The fourth-order valence-corrected chi connectivity index (χ4v) is 3.20. The van der Waals surface area contributed by atoms with Gasteiger partial charge in [0.2, 0.25) is 0 Å². The summed E-state index contributed by atoms with van der Waals surface area (Å²) < 4.78 is 0. The van der Waals surface area contributed by atoms with Gasteiger partial charge >= 0.3 is 0 Å². The monoisotopic (exact) mass is 197 g/mol. The van der Waals surface area contributed by atoms with E-state index in [1.165, 1.54) is 10.4 Å². The first-order valence-corrected chi connectivity index (χ1v) is 5.53. The van der Waals surface area contributed by atoms with Gasteiger partial charge in [0.1, 0.15) is 0 Å². The molecule has 0 saturated heterocycles. The third kappa shape index (κ3) is 1.23. The van der Waals surface area contributed by atoms with Crippen molar-refractivity contribution >= 4 is 11.3 Å². The van der Waals surface area contributed by atoms with E-state index in [-0.39, 0.29) is 6.61 Å². The zero-order valence-electron chi connectivity index (χ0n) is 7.79. The van der Waals surface area contributed by atoms with Crippen LogP contribution in [0.2, 0.25) is 0 Å². The minimum Gasteiger partial charge on any atom is -0.394 e. The van der Waals surface area contributed by atoms with Gasteiger partial charge in [-0.1, -0.05) is 6.92 Å². The summed E-state index contributed by atoms with van der Waals surface area (Å²) in [6.45, 7) is 2.18. The second-order valence-corrected chi connectivity index (χ2v) is 4.83. The summed E-state index contributed by atoms with van der Waals surface area (Å²) in [5.74, 6) is 0.378. The minimum absolute atomic E-state index is 0.0572. The summed E-state index contributed by atoms with van der Waals surface area (Å²) in [4.78, 5) is 1.19. The topological polar surface area (TPSA) is 46.2 Å². The number of aliphatic hydroxyl groups is 1. The predicted molar refractivity (Wildman–Crippen MR) is 54.8 cm³/mol. The highest BCUT2D eigenvalue weighted by Gasteiger charge is 2.38. The lowest BCUT2D eigenvalue weighted by molar-refractivity contribution is 0.137. The maximum atomic E-state index is 9.37. The number of hydrogen-bond acceptors (Lipinski definition) is 3. The molecule has 0 amide bonds. The van der Waals surface area contributed by atoms with E-state index in [1.807, 2.05) is 0 Å². The van der Waals surface area contributed by atoms with Gasteiger partial charge in [-0.15, -0.1) is 11.3 Å². The zero-order chi connectivity index (χ0) is 9.47. The van der Waals surface area contributed by atoms with Gasteiger partial charge in [0, 0.05) is 4.88 Å². The first kappa shape index (κ1) is 9.19. The molecule has 2 rings (SSSR count). The van der Waals surface area contributed by atoms with Crippen molar-refractivity contribution in [2.75, 3.05) is 6.61 Å². The van der Waals surface area contributed by atoms with Gasteiger partial charge in [-0.2, -0.15) is 0 Å². The van der Waals surface area contributed by atoms with Crippen LogP contribution < -0.4 is 5.73 Å². The standard InChI is InChI=1S/C10H15NOS/c1-7-2-3-8-4-5-13-9(8)10(7,11)6-12/h4-5,7,12H,2-3,6,11H2,1H3. The van der Waals surface area contributed by atoms with Crippen LogP contribution in [0.15, 0.2) is 11.4 Å². The van der Waals surface area contributed by atoms with E-state index in [9.17, 15) is 5.11 Å². The fraction of sp³-hybridized carbons (Fsp3) is 0.600. The van der Waals surface area contributed by atoms with Crippen molar-refractivity contribution in [1.29, 1.82) is 0 Å². The summed E-state index contributed by atoms with van der Waals surface area (Å²) >= 11 is 1.68. The summed E-state index contributed by atoms with van der Waals surface area (Å²) in [7, 11) is 0. The molecule has 0 saturated carbocycles. The van der Waals surface area contributed by atoms with E-state index in [0.29, 0.717) is 5.92 Å². The Morgan fingerprint density at radius 3 is 3.23 bits per heavy atom. The van der Waals surface area contributed by atoms with Crippen molar-refractivity contribution in [2.24, 2.45) is 11.7 Å². The largest absolute Gasteiger partial charge is 0.394 e. The molecule has 3 N–H and O–H groups in total. The number of rotatable bonds is 1. The molecule has 0 aliphatic heterocycles. The van der Waals surface area contributed by atoms with E-state index in [4.69, 9.17) is 5.73 Å². The summed E-state index contributed by atoms with van der Waals surface area (Å²) in [6.07, 6.45) is 2.19. The lowest BCUT2D eigenvalue weighted by Gasteiger charge is -2.37. The van der Waals surface area contributed by atoms with Crippen LogP contribution in [0.3, 0.4) is 0 Å². The molecule has 1 aliphatic carbocycles. The van der Waals surface area contributed by atoms with Gasteiger partial charge < -0.3 is 10.8 Å². The molecule has 2 atom stereocenters. The quantitative estimate of drug-likeness (QED) is 0.716. The highest BCUT2D eigenvalue weighted by molar-refractivity contribution is 7.10. The number of aryl methyl sites for hydroxylation is 1. The van der Waals surface area contributed by atoms with E-state index in [2.05, 4.69) is 18.4 Å². The molecule has 2 nitrogen and oxygen atoms in total. The van der Waals surface area contributed by atoms with E-state index < -0.39 is 5.54 Å². The van der Waals surface area contributed by atoms with Crippen molar-refractivity contribution in [3.05, 3.63) is 21.9 Å². The van der Waals surface area contributed by atoms with Crippen LogP contribution in [0.25, 0.3) is 0 Å². The Morgan fingerprint density at radius 2 is 2.54 bits per heavy atom. The molecular weight excluding hydrogens is 182 g/mol. The third-order valence-corrected chi connectivity index (χ3v) is 4.31. The third-order valence-electron chi connectivity index (χ3n) is 3.16. The lowest BCUT2D eigenvalue weighted by atomic mass is 9.76. The molecule has 13 heavy (non-hydrogen) atoms. The molecule has 72 valence electrons. The molecule has 0 aromatic carbocycles. The van der Waals surface area contributed by atoms with Crippen LogP contribution in [0.4, 0.5) is 0 Å². The van der Waals surface area contributed by atoms with Gasteiger partial charge in [0.05, 0.1) is 12.1 Å². The van der Waals surface area contributed by atoms with Crippen LogP contribution in [0, 0.1) is 5.92 Å². The number of nitrogens with two attached hydrogens (primary N) is 1. The molecule has 0 spiro atoms. The van der Waals surface area contributed by atoms with Crippen molar-refractivity contribution in [3.63, 3.8) is 0 Å². The molecule has 3 heteroatoms. The summed E-state index contributed by atoms with van der Waals surface area (Å²) in [5.41, 5.74) is 7.07. The summed E-state index contributed by atoms with van der Waals surface area (Å²) in [6, 6.07) is 2.13. The molecule has 1 aromatic rings. The molecular formula is C10H15NOS. The van der Waals surface area contributed by atoms with E-state index in [1.54, 1.807) is 11.3 Å². The first-order chi connectivity index (χ1) is 6.18. The zero-order valence-corrected chi connectivity index (χ0v) is 8.60. The molecule has 2 unspecified atom stereocenters. The average Bonchev–Trinajstić information content (AvgIpc) is 2.60. The lowest BCUT2D eigenvalue weighted by Crippen LogP contribution is -2.48. The van der Waals surface area contributed by atoms with Crippen molar-refractivity contribution in [3.8, 4) is 0 Å². The molecule has 1 aliphatic rings. The summed E-state index contributed by atoms with van der Waals surface area (Å²) in [5, 5.41) is 11.4. The highest BCUT2D eigenvalue weighted by Crippen LogP contribution is 2.40. The number of thiophene rings is 1. The van der Waals surface area contributed by atoms with Crippen molar-refractivity contribution in [2.45, 2.75) is 25.3 Å². The van der Waals surface area contributed by atoms with Crippen molar-refractivity contribution in [1.82, 2.24) is 0 Å². The SMILES string of the molecule is CC1CCc2ccsc2C1(N)CO. The van der Waals surface area contributed by atoms with Crippen molar-refractivity contribution < 1.29 is 5.11 Å². The van der Waals surface area contributed by atoms with Gasteiger partial charge in [0.15, 0.2) is 0 Å². The minimum atomic E-state index is -0.484. The number of fused-ring (bicyclic) bond motifs is 1. The Hall–Kier alpha value is -0.380. The van der Waals surface area contributed by atoms with Crippen LogP contribution in [-0.4, -0.2) is 11.7 Å². The Kier molecular flexibility index (Phi) is 2.18. The van der Waals surface area contributed by atoms with Crippen LogP contribution >= 0.6 is 11.3 Å². The molecule has 1 heterocycles. The highest BCUT2D eigenvalue weighted by atomic mass is 32.1. The smallest absolute Gasteiger partial charge is 0.0766 e. The second kappa shape index (κ2) is 3.08. The van der Waals surface area contributed by atoms with Gasteiger partial charge in [-0.3, -0.25) is 0 Å². The van der Waals surface area contributed by atoms with Gasteiger partial charge in [-0.25, -0.2) is 0 Å². The molecule has 1 aromatic heterocycles. The molecule has 0 radical (unpaired) electrons. The van der Waals surface area contributed by atoms with Gasteiger partial charge in [0.25, 0.3) is 0 Å². The van der Waals surface area contributed by atoms with E-state index >= 15 is 0 Å². The predicted octanol–water partition coefficient (Wildman–Crippen LogP) is 1.48. The van der Waals surface area contributed by atoms with Crippen LogP contribution in [-0.2, 0) is 12.0 Å². The Bertz CT molecular complexity index is 310. The fourth-order valence-electron chi connectivity index (χ4n) is 2.02. The molecule has 0 fully saturated rings. The number of aliphatic hydroxyl groups excluding tert-OH is 1. The number of hydrogen-bond donors (Lipinski definition) is 2. The maximum absolute atomic E-state index is 9.37. The Balaban J connectivity index is 2.47. The van der Waals surface area contributed by atoms with Crippen LogP contribution in [0.1, 0.15) is 23.8 Å². The Morgan fingerprint density at radius 1 is 1.77 bits per heavy atom. The first-order valence-electron chi connectivity index (χ1n) is 4.65. The van der Waals surface area contributed by atoms with E-state index in [0.717, 1.165) is 12.8 Å². The Labute approximate surface area is 82.4 Å². The molecule has 0 bridgehead atoms. The average molecular weight is 197 g/mol. The van der Waals surface area contributed by atoms with Crippen LogP contribution in [0.5, 0.6) is 0 Å². The van der Waals surface area contributed by atoms with Gasteiger partial charge in [-0.05, 0) is 35.8 Å². The second-order valence-electron chi connectivity index (χ2n) is 3.91.